The van der Waals surface area contributed by atoms with Crippen molar-refractivity contribution in [3.8, 4) is 17.2 Å². The van der Waals surface area contributed by atoms with Crippen molar-refractivity contribution in [3.05, 3.63) is 52.4 Å². The standard InChI is InChI=1S/C24H31N3O5/c1-15(22(28)16-13-20(30-2)23(32-4)21(14-16)31-3)26-11-9-17(10-12-26)27-19-8-6-5-7-18(19)25-24(27)29/h5-8,13-15,17,22,28H,9-12H2,1-4H3,(H,25,29)/t15-,22-/m0/s1. The van der Waals surface area contributed by atoms with Crippen molar-refractivity contribution in [1.29, 1.82) is 0 Å². The Kier molecular flexibility index (Phi) is 6.43. The third-order valence-electron chi connectivity index (χ3n) is 6.55. The van der Waals surface area contributed by atoms with Gasteiger partial charge in [-0.25, -0.2) is 4.79 Å². The summed E-state index contributed by atoms with van der Waals surface area (Å²) in [6.07, 6.45) is 0.957. The zero-order valence-corrected chi connectivity index (χ0v) is 19.0. The van der Waals surface area contributed by atoms with E-state index < -0.39 is 6.10 Å². The zero-order chi connectivity index (χ0) is 22.8. The van der Waals surface area contributed by atoms with Crippen LogP contribution in [0, 0.1) is 0 Å². The van der Waals surface area contributed by atoms with E-state index in [4.69, 9.17) is 14.2 Å². The average molecular weight is 442 g/mol. The predicted molar refractivity (Wildman–Crippen MR) is 123 cm³/mol. The first-order valence-electron chi connectivity index (χ1n) is 10.9. The van der Waals surface area contributed by atoms with E-state index >= 15 is 0 Å². The molecule has 1 aliphatic rings. The van der Waals surface area contributed by atoms with Crippen molar-refractivity contribution in [2.75, 3.05) is 34.4 Å². The first-order chi connectivity index (χ1) is 15.5. The number of fused-ring (bicyclic) bond motifs is 1. The van der Waals surface area contributed by atoms with E-state index in [0.29, 0.717) is 22.8 Å². The summed E-state index contributed by atoms with van der Waals surface area (Å²) in [5.41, 5.74) is 2.46. The molecular formula is C24H31N3O5. The molecule has 0 unspecified atom stereocenters. The lowest BCUT2D eigenvalue weighted by Gasteiger charge is -2.38. The zero-order valence-electron chi connectivity index (χ0n) is 19.0. The van der Waals surface area contributed by atoms with Crippen LogP contribution in [-0.2, 0) is 0 Å². The molecule has 1 aliphatic heterocycles. The van der Waals surface area contributed by atoms with Crippen molar-refractivity contribution in [2.45, 2.75) is 38.0 Å². The van der Waals surface area contributed by atoms with Gasteiger partial charge in [0.1, 0.15) is 0 Å². The second-order valence-corrected chi connectivity index (χ2v) is 8.23. The average Bonchev–Trinajstić information content (AvgIpc) is 3.17. The van der Waals surface area contributed by atoms with Crippen molar-refractivity contribution < 1.29 is 19.3 Å². The molecule has 0 spiro atoms. The highest BCUT2D eigenvalue weighted by Crippen LogP contribution is 2.41. The van der Waals surface area contributed by atoms with Gasteiger partial charge < -0.3 is 24.3 Å². The number of nitrogens with one attached hydrogen (secondary N) is 1. The van der Waals surface area contributed by atoms with Crippen LogP contribution in [0.2, 0.25) is 0 Å². The second kappa shape index (κ2) is 9.26. The summed E-state index contributed by atoms with van der Waals surface area (Å²) in [7, 11) is 4.69. The summed E-state index contributed by atoms with van der Waals surface area (Å²) in [6.45, 7) is 3.60. The lowest BCUT2D eigenvalue weighted by Crippen LogP contribution is -2.44. The molecule has 0 bridgehead atoms. The number of nitrogens with zero attached hydrogens (tertiary/aromatic N) is 2. The van der Waals surface area contributed by atoms with Crippen LogP contribution >= 0.6 is 0 Å². The molecule has 2 atom stereocenters. The van der Waals surface area contributed by atoms with E-state index in [1.165, 1.54) is 0 Å². The summed E-state index contributed by atoms with van der Waals surface area (Å²) in [4.78, 5) is 17.8. The Morgan fingerprint density at radius 1 is 1.03 bits per heavy atom. The van der Waals surface area contributed by atoms with E-state index in [1.807, 2.05) is 35.8 Å². The van der Waals surface area contributed by atoms with Gasteiger partial charge >= 0.3 is 5.69 Å². The number of likely N-dealkylation sites (tertiary alicyclic amines) is 1. The topological polar surface area (TPSA) is 89.0 Å². The molecule has 1 fully saturated rings. The number of benzene rings is 2. The quantitative estimate of drug-likeness (QED) is 0.586. The molecule has 2 aromatic carbocycles. The summed E-state index contributed by atoms with van der Waals surface area (Å²) in [5, 5.41) is 11.1. The van der Waals surface area contributed by atoms with Crippen LogP contribution in [0.1, 0.15) is 37.5 Å². The molecule has 0 saturated carbocycles. The molecule has 0 amide bonds. The van der Waals surface area contributed by atoms with Gasteiger partial charge in [-0.3, -0.25) is 9.47 Å². The van der Waals surface area contributed by atoms with E-state index in [-0.39, 0.29) is 17.8 Å². The molecular weight excluding hydrogens is 410 g/mol. The monoisotopic (exact) mass is 441 g/mol. The number of hydrogen-bond acceptors (Lipinski definition) is 6. The summed E-state index contributed by atoms with van der Waals surface area (Å²) in [6, 6.07) is 11.4. The second-order valence-electron chi connectivity index (χ2n) is 8.23. The Labute approximate surface area is 187 Å². The van der Waals surface area contributed by atoms with E-state index in [2.05, 4.69) is 9.88 Å². The lowest BCUT2D eigenvalue weighted by atomic mass is 9.97. The predicted octanol–water partition coefficient (Wildman–Crippen LogP) is 3.11. The molecule has 8 nitrogen and oxygen atoms in total. The molecule has 0 aliphatic carbocycles. The maximum absolute atomic E-state index is 12.5. The minimum absolute atomic E-state index is 0.0600. The van der Waals surface area contributed by atoms with Crippen molar-refractivity contribution >= 4 is 11.0 Å². The van der Waals surface area contributed by atoms with Gasteiger partial charge in [-0.1, -0.05) is 12.1 Å². The molecule has 172 valence electrons. The lowest BCUT2D eigenvalue weighted by molar-refractivity contribution is 0.0383. The van der Waals surface area contributed by atoms with Crippen LogP contribution in [0.4, 0.5) is 0 Å². The fourth-order valence-electron chi connectivity index (χ4n) is 4.74. The number of hydrogen-bond donors (Lipinski definition) is 2. The number of aromatic nitrogens is 2. The Balaban J connectivity index is 1.49. The molecule has 4 rings (SSSR count). The molecule has 1 saturated heterocycles. The number of H-pyrrole nitrogens is 1. The van der Waals surface area contributed by atoms with Crippen LogP contribution < -0.4 is 19.9 Å². The molecule has 2 heterocycles. The van der Waals surface area contributed by atoms with Crippen LogP contribution in [0.25, 0.3) is 11.0 Å². The van der Waals surface area contributed by atoms with Crippen molar-refractivity contribution in [1.82, 2.24) is 14.5 Å². The molecule has 0 radical (unpaired) electrons. The smallest absolute Gasteiger partial charge is 0.326 e. The number of para-hydroxylation sites is 2. The highest BCUT2D eigenvalue weighted by atomic mass is 16.5. The van der Waals surface area contributed by atoms with Gasteiger partial charge in [0.2, 0.25) is 5.75 Å². The van der Waals surface area contributed by atoms with Gasteiger partial charge in [0.25, 0.3) is 0 Å². The van der Waals surface area contributed by atoms with Crippen molar-refractivity contribution in [2.24, 2.45) is 0 Å². The van der Waals surface area contributed by atoms with Gasteiger partial charge in [-0.15, -0.1) is 0 Å². The number of ether oxygens (including phenoxy) is 3. The van der Waals surface area contributed by atoms with Gasteiger partial charge in [-0.2, -0.15) is 0 Å². The number of imidazole rings is 1. The Bertz CT molecular complexity index is 1110. The van der Waals surface area contributed by atoms with Gasteiger partial charge in [0, 0.05) is 25.2 Å². The van der Waals surface area contributed by atoms with Gasteiger partial charge in [0.15, 0.2) is 11.5 Å². The number of methoxy groups -OCH3 is 3. The number of aliphatic hydroxyl groups excluding tert-OH is 1. The fourth-order valence-corrected chi connectivity index (χ4v) is 4.74. The summed E-state index contributed by atoms with van der Waals surface area (Å²) in [5.74, 6) is 1.54. The molecule has 3 aromatic rings. The third-order valence-corrected chi connectivity index (χ3v) is 6.55. The molecule has 1 aromatic heterocycles. The number of piperidine rings is 1. The van der Waals surface area contributed by atoms with E-state index in [1.54, 1.807) is 33.5 Å². The number of aromatic amines is 1. The Morgan fingerprint density at radius 2 is 1.66 bits per heavy atom. The SMILES string of the molecule is COc1cc([C@@H](O)[C@H](C)N2CCC(n3c(=O)[nH]c4ccccc43)CC2)cc(OC)c1OC. The number of aliphatic hydroxyl groups is 1. The summed E-state index contributed by atoms with van der Waals surface area (Å²) >= 11 is 0. The highest BCUT2D eigenvalue weighted by molar-refractivity contribution is 5.75. The Morgan fingerprint density at radius 3 is 2.25 bits per heavy atom. The molecule has 32 heavy (non-hydrogen) atoms. The largest absolute Gasteiger partial charge is 0.493 e. The van der Waals surface area contributed by atoms with Crippen LogP contribution in [-0.4, -0.2) is 60.0 Å². The third kappa shape index (κ3) is 3.96. The normalized spacial score (nSPS) is 17.3. The maximum atomic E-state index is 12.5. The highest BCUT2D eigenvalue weighted by Gasteiger charge is 2.30. The first kappa shape index (κ1) is 22.2. The van der Waals surface area contributed by atoms with Crippen LogP contribution in [0.5, 0.6) is 17.2 Å². The van der Waals surface area contributed by atoms with Gasteiger partial charge in [0.05, 0.1) is 38.5 Å². The Hall–Kier alpha value is -2.97. The first-order valence-corrected chi connectivity index (χ1v) is 10.9. The fraction of sp³-hybridized carbons (Fsp3) is 0.458. The molecule has 8 heteroatoms. The summed E-state index contributed by atoms with van der Waals surface area (Å²) < 4.78 is 18.1. The molecule has 2 N–H and O–H groups in total. The van der Waals surface area contributed by atoms with Crippen LogP contribution in [0.3, 0.4) is 0 Å². The minimum Gasteiger partial charge on any atom is -0.493 e. The maximum Gasteiger partial charge on any atom is 0.326 e. The van der Waals surface area contributed by atoms with Crippen LogP contribution in [0.15, 0.2) is 41.2 Å². The van der Waals surface area contributed by atoms with E-state index in [0.717, 1.165) is 37.0 Å². The van der Waals surface area contributed by atoms with E-state index in [9.17, 15) is 9.90 Å². The van der Waals surface area contributed by atoms with Gasteiger partial charge in [-0.05, 0) is 49.6 Å². The number of rotatable bonds is 7. The van der Waals surface area contributed by atoms with Crippen molar-refractivity contribution in [3.63, 3.8) is 0 Å². The minimum atomic E-state index is -0.726.